The Balaban J connectivity index is 0.000000256. The maximum Gasteiger partial charge on any atom is 0.0399 e. The number of aryl methyl sites for hydroxylation is 1. The van der Waals surface area contributed by atoms with E-state index in [1.165, 1.54) is 29.7 Å². The van der Waals surface area contributed by atoms with Gasteiger partial charge >= 0.3 is 0 Å². The Morgan fingerprint density at radius 1 is 1.17 bits per heavy atom. The maximum atomic E-state index is 5.22. The third-order valence-corrected chi connectivity index (χ3v) is 3.66. The van der Waals surface area contributed by atoms with Crippen molar-refractivity contribution in [3.63, 3.8) is 0 Å². The second-order valence-corrected chi connectivity index (χ2v) is 5.29. The van der Waals surface area contributed by atoms with Gasteiger partial charge in [-0.2, -0.15) is 0 Å². The van der Waals surface area contributed by atoms with E-state index in [0.717, 1.165) is 26.2 Å². The molecular formula is C15H25N3. The van der Waals surface area contributed by atoms with Gasteiger partial charge in [-0.3, -0.25) is 0 Å². The van der Waals surface area contributed by atoms with E-state index < -0.39 is 0 Å². The summed E-state index contributed by atoms with van der Waals surface area (Å²) in [6.45, 7) is 8.86. The Kier molecular flexibility index (Phi) is 4.61. The summed E-state index contributed by atoms with van der Waals surface area (Å²) in [6.07, 6.45) is 2.53. The average Bonchev–Trinajstić information content (AvgIpc) is 3.17. The number of hydrogen-bond acceptors (Lipinski definition) is 3. The van der Waals surface area contributed by atoms with Crippen molar-refractivity contribution in [2.75, 3.05) is 31.1 Å². The number of piperazine rings is 1. The van der Waals surface area contributed by atoms with Gasteiger partial charge in [0.15, 0.2) is 0 Å². The molecule has 3 heteroatoms. The summed E-state index contributed by atoms with van der Waals surface area (Å²) in [5.74, 6) is 0. The highest BCUT2D eigenvalue weighted by atomic mass is 15.2. The normalized spacial score (nSPS) is 19.2. The molecule has 0 radical (unpaired) electrons. The molecular weight excluding hydrogens is 222 g/mol. The largest absolute Gasteiger partial charge is 0.369 e. The highest BCUT2D eigenvalue weighted by Crippen LogP contribution is 2.22. The predicted octanol–water partition coefficient (Wildman–Crippen LogP) is 1.82. The van der Waals surface area contributed by atoms with Gasteiger partial charge in [-0.25, -0.2) is 0 Å². The van der Waals surface area contributed by atoms with Gasteiger partial charge in [0.25, 0.3) is 0 Å². The van der Waals surface area contributed by atoms with Crippen LogP contribution in [0.15, 0.2) is 18.2 Å². The van der Waals surface area contributed by atoms with Gasteiger partial charge in [0, 0.05) is 37.9 Å². The van der Waals surface area contributed by atoms with Crippen LogP contribution in [0.1, 0.15) is 24.0 Å². The minimum Gasteiger partial charge on any atom is -0.369 e. The lowest BCUT2D eigenvalue weighted by molar-refractivity contribution is 0.588. The van der Waals surface area contributed by atoms with E-state index in [4.69, 9.17) is 5.73 Å². The second-order valence-electron chi connectivity index (χ2n) is 5.29. The highest BCUT2D eigenvalue weighted by molar-refractivity contribution is 5.56. The lowest BCUT2D eigenvalue weighted by atomic mass is 10.1. The number of nitrogens with two attached hydrogens (primary N) is 1. The van der Waals surface area contributed by atoms with Crippen LogP contribution in [0.5, 0.6) is 0 Å². The lowest BCUT2D eigenvalue weighted by Crippen LogP contribution is -2.43. The molecule has 1 aliphatic carbocycles. The summed E-state index contributed by atoms with van der Waals surface area (Å²) >= 11 is 0. The van der Waals surface area contributed by atoms with Gasteiger partial charge in [-0.1, -0.05) is 12.1 Å². The molecule has 0 spiro atoms. The van der Waals surface area contributed by atoms with Crippen molar-refractivity contribution in [1.82, 2.24) is 5.32 Å². The molecule has 0 aromatic heterocycles. The molecule has 1 aromatic rings. The quantitative estimate of drug-likeness (QED) is 0.795. The second kappa shape index (κ2) is 6.21. The van der Waals surface area contributed by atoms with Crippen molar-refractivity contribution in [1.29, 1.82) is 0 Å². The molecule has 2 aliphatic rings. The van der Waals surface area contributed by atoms with Gasteiger partial charge in [-0.15, -0.1) is 0 Å². The lowest BCUT2D eigenvalue weighted by Gasteiger charge is -2.31. The minimum atomic E-state index is 0.583. The number of rotatable bonds is 1. The van der Waals surface area contributed by atoms with Crippen LogP contribution in [0, 0.1) is 13.8 Å². The summed E-state index contributed by atoms with van der Waals surface area (Å²) in [5.41, 5.74) is 9.45. The van der Waals surface area contributed by atoms with Gasteiger partial charge in [0.2, 0.25) is 0 Å². The fourth-order valence-electron chi connectivity index (χ4n) is 2.08. The Labute approximate surface area is 110 Å². The first-order valence-electron chi connectivity index (χ1n) is 6.96. The van der Waals surface area contributed by atoms with E-state index >= 15 is 0 Å². The Morgan fingerprint density at radius 2 is 1.78 bits per heavy atom. The van der Waals surface area contributed by atoms with Crippen LogP contribution in [0.3, 0.4) is 0 Å². The molecule has 0 atom stereocenters. The van der Waals surface area contributed by atoms with E-state index in [1.54, 1.807) is 0 Å². The fourth-order valence-corrected chi connectivity index (χ4v) is 2.08. The Hall–Kier alpha value is -1.06. The summed E-state index contributed by atoms with van der Waals surface area (Å²) < 4.78 is 0. The molecule has 1 aromatic carbocycles. The van der Waals surface area contributed by atoms with E-state index in [2.05, 4.69) is 42.3 Å². The van der Waals surface area contributed by atoms with Crippen LogP contribution in [0.4, 0.5) is 5.69 Å². The summed E-state index contributed by atoms with van der Waals surface area (Å²) in [4.78, 5) is 2.47. The van der Waals surface area contributed by atoms with Gasteiger partial charge in [0.1, 0.15) is 0 Å². The molecule has 3 rings (SSSR count). The van der Waals surface area contributed by atoms with Crippen LogP contribution in [0.25, 0.3) is 0 Å². The van der Waals surface area contributed by atoms with Crippen molar-refractivity contribution in [3.05, 3.63) is 29.3 Å². The number of anilines is 1. The maximum absolute atomic E-state index is 5.22. The number of nitrogens with zero attached hydrogens (tertiary/aromatic N) is 1. The summed E-state index contributed by atoms with van der Waals surface area (Å²) in [7, 11) is 0. The van der Waals surface area contributed by atoms with Gasteiger partial charge < -0.3 is 16.0 Å². The Bertz CT molecular complexity index is 379. The number of nitrogens with one attached hydrogen (secondary N) is 1. The van der Waals surface area contributed by atoms with Crippen LogP contribution >= 0.6 is 0 Å². The summed E-state index contributed by atoms with van der Waals surface area (Å²) in [6, 6.07) is 7.15. The first-order chi connectivity index (χ1) is 8.68. The third-order valence-electron chi connectivity index (χ3n) is 3.66. The average molecular weight is 247 g/mol. The monoisotopic (exact) mass is 247 g/mol. The van der Waals surface area contributed by atoms with Gasteiger partial charge in [-0.05, 0) is 43.9 Å². The zero-order valence-electron chi connectivity index (χ0n) is 11.6. The molecule has 1 heterocycles. The smallest absolute Gasteiger partial charge is 0.0399 e. The molecule has 18 heavy (non-hydrogen) atoms. The van der Waals surface area contributed by atoms with Crippen LogP contribution in [0.2, 0.25) is 0 Å². The zero-order chi connectivity index (χ0) is 13.0. The molecule has 100 valence electrons. The molecule has 1 aliphatic heterocycles. The van der Waals surface area contributed by atoms with E-state index in [1.807, 2.05) is 0 Å². The molecule has 2 fully saturated rings. The first-order valence-corrected chi connectivity index (χ1v) is 6.96. The van der Waals surface area contributed by atoms with Crippen LogP contribution in [-0.4, -0.2) is 32.2 Å². The minimum absolute atomic E-state index is 0.583. The Morgan fingerprint density at radius 3 is 2.33 bits per heavy atom. The van der Waals surface area contributed by atoms with Gasteiger partial charge in [0.05, 0.1) is 0 Å². The van der Waals surface area contributed by atoms with E-state index in [9.17, 15) is 0 Å². The van der Waals surface area contributed by atoms with Crippen molar-refractivity contribution in [2.45, 2.75) is 32.7 Å². The zero-order valence-corrected chi connectivity index (χ0v) is 11.6. The molecule has 0 unspecified atom stereocenters. The predicted molar refractivity (Wildman–Crippen MR) is 78.2 cm³/mol. The van der Waals surface area contributed by atoms with Crippen molar-refractivity contribution >= 4 is 5.69 Å². The first kappa shape index (κ1) is 13.4. The van der Waals surface area contributed by atoms with Crippen molar-refractivity contribution in [3.8, 4) is 0 Å². The molecule has 0 amide bonds. The number of hydrogen-bond donors (Lipinski definition) is 2. The van der Waals surface area contributed by atoms with Crippen LogP contribution in [-0.2, 0) is 0 Å². The highest BCUT2D eigenvalue weighted by Gasteiger charge is 2.13. The topological polar surface area (TPSA) is 41.3 Å². The van der Waals surface area contributed by atoms with Crippen molar-refractivity contribution < 1.29 is 0 Å². The summed E-state index contributed by atoms with van der Waals surface area (Å²) in [5, 5.41) is 3.38. The molecule has 1 saturated heterocycles. The van der Waals surface area contributed by atoms with E-state index in [-0.39, 0.29) is 0 Å². The van der Waals surface area contributed by atoms with Crippen LogP contribution < -0.4 is 16.0 Å². The molecule has 1 saturated carbocycles. The number of benzene rings is 1. The van der Waals surface area contributed by atoms with Crippen molar-refractivity contribution in [2.24, 2.45) is 5.73 Å². The molecule has 0 bridgehead atoms. The molecule has 3 N–H and O–H groups in total. The third kappa shape index (κ3) is 3.72. The fraction of sp³-hybridized carbons (Fsp3) is 0.600. The molecule has 3 nitrogen and oxygen atoms in total. The van der Waals surface area contributed by atoms with E-state index in [0.29, 0.717) is 6.04 Å². The SMILES string of the molecule is Cc1cccc(N2CCNCC2)c1C.NC1CC1. The standard InChI is InChI=1S/C12H18N2.C3H7N/c1-10-4-3-5-12(11(10)2)14-8-6-13-7-9-14;4-3-1-2-3/h3-5,13H,6-9H2,1-2H3;3H,1-2,4H2.